The Morgan fingerprint density at radius 1 is 1.41 bits per heavy atom. The molecule has 0 aliphatic carbocycles. The lowest BCUT2D eigenvalue weighted by molar-refractivity contribution is -0.124. The molecule has 4 nitrogen and oxygen atoms in total. The smallest absolute Gasteiger partial charge is 0.253 e. The molecular weight excluding hydrogens is 240 g/mol. The van der Waals surface area contributed by atoms with Crippen LogP contribution in [0.25, 0.3) is 0 Å². The van der Waals surface area contributed by atoms with Crippen molar-refractivity contribution in [2.75, 3.05) is 6.54 Å². The second kappa shape index (κ2) is 5.19. The Labute approximate surface area is 104 Å². The first kappa shape index (κ1) is 11.9. The molecule has 0 bridgehead atoms. The normalized spacial score (nSPS) is 19.6. The number of carbonyl (C=O) groups excluding carboxylic acids is 2. The van der Waals surface area contributed by atoms with E-state index in [4.69, 9.17) is 11.6 Å². The van der Waals surface area contributed by atoms with E-state index in [0.29, 0.717) is 23.6 Å². The first-order valence-corrected chi connectivity index (χ1v) is 5.89. The lowest BCUT2D eigenvalue weighted by atomic mass is 10.1. The van der Waals surface area contributed by atoms with E-state index in [1.807, 2.05) is 0 Å². The van der Waals surface area contributed by atoms with Gasteiger partial charge in [-0.25, -0.2) is 0 Å². The van der Waals surface area contributed by atoms with Crippen molar-refractivity contribution in [3.05, 3.63) is 34.9 Å². The fraction of sp³-hybridized carbons (Fsp3) is 0.333. The predicted molar refractivity (Wildman–Crippen MR) is 64.9 cm³/mol. The highest BCUT2D eigenvalue weighted by molar-refractivity contribution is 6.33. The molecule has 0 spiro atoms. The topological polar surface area (TPSA) is 58.2 Å². The van der Waals surface area contributed by atoms with Crippen molar-refractivity contribution in [3.8, 4) is 0 Å². The zero-order chi connectivity index (χ0) is 12.3. The molecule has 0 aromatic heterocycles. The number of rotatable bonds is 2. The maximum absolute atomic E-state index is 11.9. The molecule has 1 atom stereocenters. The van der Waals surface area contributed by atoms with E-state index in [1.54, 1.807) is 24.3 Å². The summed E-state index contributed by atoms with van der Waals surface area (Å²) in [7, 11) is 0. The van der Waals surface area contributed by atoms with Gasteiger partial charge < -0.3 is 10.6 Å². The van der Waals surface area contributed by atoms with Crippen LogP contribution in [0.5, 0.6) is 0 Å². The third kappa shape index (κ3) is 2.77. The molecule has 1 heterocycles. The summed E-state index contributed by atoms with van der Waals surface area (Å²) in [5.74, 6) is -0.436. The monoisotopic (exact) mass is 252 g/mol. The predicted octanol–water partition coefficient (Wildman–Crippen LogP) is 1.35. The van der Waals surface area contributed by atoms with Crippen LogP contribution in [-0.4, -0.2) is 24.4 Å². The summed E-state index contributed by atoms with van der Waals surface area (Å²) in [5, 5.41) is 5.80. The van der Waals surface area contributed by atoms with Gasteiger partial charge in [-0.15, -0.1) is 0 Å². The van der Waals surface area contributed by atoms with Gasteiger partial charge in [-0.2, -0.15) is 0 Å². The Morgan fingerprint density at radius 2 is 2.18 bits per heavy atom. The molecule has 0 saturated carbocycles. The Morgan fingerprint density at radius 3 is 2.88 bits per heavy atom. The molecule has 90 valence electrons. The van der Waals surface area contributed by atoms with Gasteiger partial charge in [0.25, 0.3) is 5.91 Å². The standard InChI is InChI=1S/C12H13ClN2O2/c13-9-5-2-1-4-8(9)11(16)15-10-6-3-7-14-12(10)17/h1-2,4-5,10H,3,6-7H2,(H,14,17)(H,15,16)/t10-/m1/s1. The van der Waals surface area contributed by atoms with Gasteiger partial charge in [-0.05, 0) is 25.0 Å². The summed E-state index contributed by atoms with van der Waals surface area (Å²) in [4.78, 5) is 23.4. The molecule has 1 saturated heterocycles. The van der Waals surface area contributed by atoms with Crippen molar-refractivity contribution in [3.63, 3.8) is 0 Å². The molecule has 17 heavy (non-hydrogen) atoms. The molecule has 2 rings (SSSR count). The van der Waals surface area contributed by atoms with Gasteiger partial charge in [0.2, 0.25) is 5.91 Å². The first-order valence-electron chi connectivity index (χ1n) is 5.51. The Hall–Kier alpha value is -1.55. The van der Waals surface area contributed by atoms with Crippen molar-refractivity contribution < 1.29 is 9.59 Å². The average molecular weight is 253 g/mol. The lowest BCUT2D eigenvalue weighted by Gasteiger charge is -2.22. The fourth-order valence-electron chi connectivity index (χ4n) is 1.79. The number of piperidine rings is 1. The molecule has 1 aromatic carbocycles. The zero-order valence-electron chi connectivity index (χ0n) is 9.20. The third-order valence-corrected chi connectivity index (χ3v) is 3.04. The van der Waals surface area contributed by atoms with Crippen LogP contribution in [-0.2, 0) is 4.79 Å². The largest absolute Gasteiger partial charge is 0.354 e. The fourth-order valence-corrected chi connectivity index (χ4v) is 2.01. The van der Waals surface area contributed by atoms with Crippen molar-refractivity contribution in [2.24, 2.45) is 0 Å². The molecular formula is C12H13ClN2O2. The second-order valence-electron chi connectivity index (χ2n) is 3.94. The van der Waals surface area contributed by atoms with Crippen LogP contribution in [0.4, 0.5) is 0 Å². The van der Waals surface area contributed by atoms with Crippen LogP contribution in [0, 0.1) is 0 Å². The molecule has 1 aromatic rings. The van der Waals surface area contributed by atoms with Crippen LogP contribution in [0.3, 0.4) is 0 Å². The highest BCUT2D eigenvalue weighted by Gasteiger charge is 2.24. The number of benzene rings is 1. The van der Waals surface area contributed by atoms with E-state index in [2.05, 4.69) is 10.6 Å². The van der Waals surface area contributed by atoms with Crippen molar-refractivity contribution in [1.82, 2.24) is 10.6 Å². The second-order valence-corrected chi connectivity index (χ2v) is 4.35. The van der Waals surface area contributed by atoms with Gasteiger partial charge in [-0.1, -0.05) is 23.7 Å². The quantitative estimate of drug-likeness (QED) is 0.835. The highest BCUT2D eigenvalue weighted by Crippen LogP contribution is 2.15. The zero-order valence-corrected chi connectivity index (χ0v) is 9.96. The first-order chi connectivity index (χ1) is 8.18. The van der Waals surface area contributed by atoms with E-state index in [1.165, 1.54) is 0 Å². The SMILES string of the molecule is O=C(N[C@@H]1CCCNC1=O)c1ccccc1Cl. The molecule has 1 aliphatic rings. The Bertz CT molecular complexity index is 448. The number of carbonyl (C=O) groups is 2. The van der Waals surface area contributed by atoms with Crippen molar-refractivity contribution in [2.45, 2.75) is 18.9 Å². The van der Waals surface area contributed by atoms with Crippen molar-refractivity contribution >= 4 is 23.4 Å². The summed E-state index contributed by atoms with van der Waals surface area (Å²) < 4.78 is 0. The van der Waals surface area contributed by atoms with E-state index < -0.39 is 6.04 Å². The van der Waals surface area contributed by atoms with Gasteiger partial charge >= 0.3 is 0 Å². The maximum Gasteiger partial charge on any atom is 0.253 e. The summed E-state index contributed by atoms with van der Waals surface area (Å²) in [6.45, 7) is 0.678. The van der Waals surface area contributed by atoms with Crippen molar-refractivity contribution in [1.29, 1.82) is 0 Å². The minimum absolute atomic E-state index is 0.128. The third-order valence-electron chi connectivity index (χ3n) is 2.71. The van der Waals surface area contributed by atoms with Crippen LogP contribution >= 0.6 is 11.6 Å². The molecule has 2 amide bonds. The molecule has 1 aliphatic heterocycles. The van der Waals surface area contributed by atoms with Gasteiger partial charge in [0, 0.05) is 6.54 Å². The van der Waals surface area contributed by atoms with E-state index in [9.17, 15) is 9.59 Å². The van der Waals surface area contributed by atoms with Gasteiger partial charge in [0.15, 0.2) is 0 Å². The summed E-state index contributed by atoms with van der Waals surface area (Å²) in [6, 6.07) is 6.33. The minimum atomic E-state index is -0.451. The summed E-state index contributed by atoms with van der Waals surface area (Å²) in [5.41, 5.74) is 0.396. The number of hydrogen-bond donors (Lipinski definition) is 2. The molecule has 1 fully saturated rings. The Kier molecular flexibility index (Phi) is 3.64. The van der Waals surface area contributed by atoms with Gasteiger partial charge in [-0.3, -0.25) is 9.59 Å². The van der Waals surface area contributed by atoms with Crippen LogP contribution in [0.1, 0.15) is 23.2 Å². The number of amides is 2. The van der Waals surface area contributed by atoms with Crippen LogP contribution < -0.4 is 10.6 Å². The van der Waals surface area contributed by atoms with Crippen LogP contribution in [0.15, 0.2) is 24.3 Å². The lowest BCUT2D eigenvalue weighted by Crippen LogP contribution is -2.50. The van der Waals surface area contributed by atoms with E-state index in [0.717, 1.165) is 6.42 Å². The van der Waals surface area contributed by atoms with Crippen LogP contribution in [0.2, 0.25) is 5.02 Å². The summed E-state index contributed by atoms with van der Waals surface area (Å²) >= 11 is 5.91. The van der Waals surface area contributed by atoms with E-state index >= 15 is 0 Å². The van der Waals surface area contributed by atoms with Gasteiger partial charge in [0.1, 0.15) is 6.04 Å². The van der Waals surface area contributed by atoms with Gasteiger partial charge in [0.05, 0.1) is 10.6 Å². The molecule has 0 unspecified atom stereocenters. The Balaban J connectivity index is 2.06. The average Bonchev–Trinajstić information content (AvgIpc) is 2.32. The van der Waals surface area contributed by atoms with E-state index in [-0.39, 0.29) is 11.8 Å². The minimum Gasteiger partial charge on any atom is -0.354 e. The highest BCUT2D eigenvalue weighted by atomic mass is 35.5. The number of nitrogens with one attached hydrogen (secondary N) is 2. The molecule has 2 N–H and O–H groups in total. The molecule has 0 radical (unpaired) electrons. The molecule has 5 heteroatoms. The number of hydrogen-bond acceptors (Lipinski definition) is 2. The number of halogens is 1. The summed E-state index contributed by atoms with van der Waals surface area (Å²) in [6.07, 6.45) is 1.54. The maximum atomic E-state index is 11.9.